The predicted octanol–water partition coefficient (Wildman–Crippen LogP) is 2.48. The standard InChI is InChI=1S/C25H25FN4O6/c26-18-8-6-16(7-9-18)14-27-21(32)19-20(31)22(33)29-23(28-19)25(10-12-35-13-11-25)30-24(34)36-15-17-4-2-1-3-5-17/h1-9,31H,10-15H2,(H,27,32)(H,30,34)(H,28,29,33). The molecule has 11 heteroatoms. The molecule has 4 rings (SSSR count). The second-order valence-corrected chi connectivity index (χ2v) is 8.30. The van der Waals surface area contributed by atoms with Crippen molar-refractivity contribution < 1.29 is 28.6 Å². The van der Waals surface area contributed by atoms with Crippen LogP contribution in [0.4, 0.5) is 9.18 Å². The van der Waals surface area contributed by atoms with Crippen molar-refractivity contribution in [3.63, 3.8) is 0 Å². The van der Waals surface area contributed by atoms with Crippen molar-refractivity contribution in [2.75, 3.05) is 13.2 Å². The number of hydrogen-bond donors (Lipinski definition) is 4. The molecule has 0 saturated carbocycles. The Morgan fingerprint density at radius 2 is 1.78 bits per heavy atom. The third kappa shape index (κ3) is 5.87. The molecular weight excluding hydrogens is 471 g/mol. The summed E-state index contributed by atoms with van der Waals surface area (Å²) in [6, 6.07) is 14.6. The van der Waals surface area contributed by atoms with E-state index < -0.39 is 40.4 Å². The molecule has 0 unspecified atom stereocenters. The molecule has 0 aliphatic carbocycles. The molecule has 2 heterocycles. The fourth-order valence-corrected chi connectivity index (χ4v) is 3.82. The van der Waals surface area contributed by atoms with E-state index in [9.17, 15) is 23.9 Å². The number of rotatable bonds is 7. The summed E-state index contributed by atoms with van der Waals surface area (Å²) in [5.74, 6) is -2.08. The Morgan fingerprint density at radius 3 is 2.47 bits per heavy atom. The number of carbonyl (C=O) groups excluding carboxylic acids is 2. The first-order valence-corrected chi connectivity index (χ1v) is 11.3. The fourth-order valence-electron chi connectivity index (χ4n) is 3.82. The van der Waals surface area contributed by atoms with Crippen LogP contribution in [0.25, 0.3) is 0 Å². The van der Waals surface area contributed by atoms with Crippen LogP contribution in [0.2, 0.25) is 0 Å². The highest BCUT2D eigenvalue weighted by Crippen LogP contribution is 2.30. The molecule has 1 aliphatic heterocycles. The number of carbonyl (C=O) groups is 2. The molecular formula is C25H25FN4O6. The highest BCUT2D eigenvalue weighted by molar-refractivity contribution is 5.94. The van der Waals surface area contributed by atoms with Crippen LogP contribution in [0.15, 0.2) is 59.4 Å². The van der Waals surface area contributed by atoms with E-state index in [2.05, 4.69) is 20.6 Å². The molecule has 36 heavy (non-hydrogen) atoms. The Balaban J connectivity index is 1.54. The molecule has 188 valence electrons. The zero-order valence-electron chi connectivity index (χ0n) is 19.3. The first kappa shape index (κ1) is 24.9. The summed E-state index contributed by atoms with van der Waals surface area (Å²) in [4.78, 5) is 44.7. The first-order chi connectivity index (χ1) is 17.4. The lowest BCUT2D eigenvalue weighted by Gasteiger charge is -2.36. The number of aromatic hydroxyl groups is 1. The number of amides is 2. The lowest BCUT2D eigenvalue weighted by Crippen LogP contribution is -2.51. The van der Waals surface area contributed by atoms with Crippen molar-refractivity contribution in [2.45, 2.75) is 31.5 Å². The van der Waals surface area contributed by atoms with Crippen molar-refractivity contribution in [1.29, 1.82) is 0 Å². The molecule has 3 aromatic rings. The van der Waals surface area contributed by atoms with Crippen molar-refractivity contribution in [1.82, 2.24) is 20.6 Å². The van der Waals surface area contributed by atoms with Crippen LogP contribution < -0.4 is 16.2 Å². The fraction of sp³-hybridized carbons (Fsp3) is 0.280. The number of nitrogens with zero attached hydrogens (tertiary/aromatic N) is 1. The van der Waals surface area contributed by atoms with Crippen molar-refractivity contribution >= 4 is 12.0 Å². The van der Waals surface area contributed by atoms with Gasteiger partial charge in [0.15, 0.2) is 5.69 Å². The molecule has 0 radical (unpaired) electrons. The predicted molar refractivity (Wildman–Crippen MR) is 126 cm³/mol. The van der Waals surface area contributed by atoms with E-state index in [1.165, 1.54) is 24.3 Å². The summed E-state index contributed by atoms with van der Waals surface area (Å²) in [6.07, 6.45) is -0.242. The largest absolute Gasteiger partial charge is 0.501 e. The zero-order chi connectivity index (χ0) is 25.5. The summed E-state index contributed by atoms with van der Waals surface area (Å²) >= 11 is 0. The normalized spacial score (nSPS) is 14.6. The molecule has 1 aromatic heterocycles. The van der Waals surface area contributed by atoms with Gasteiger partial charge in [0.05, 0.1) is 0 Å². The van der Waals surface area contributed by atoms with Crippen LogP contribution >= 0.6 is 0 Å². The van der Waals surface area contributed by atoms with E-state index in [0.717, 1.165) is 5.56 Å². The number of alkyl carbamates (subject to hydrolysis) is 1. The van der Waals surface area contributed by atoms with Crippen LogP contribution in [0.1, 0.15) is 40.3 Å². The summed E-state index contributed by atoms with van der Waals surface area (Å²) in [5.41, 5.74) is -1.22. The minimum atomic E-state index is -1.19. The van der Waals surface area contributed by atoms with Gasteiger partial charge in [-0.1, -0.05) is 42.5 Å². The van der Waals surface area contributed by atoms with Gasteiger partial charge >= 0.3 is 6.09 Å². The molecule has 10 nitrogen and oxygen atoms in total. The van der Waals surface area contributed by atoms with Gasteiger partial charge in [0, 0.05) is 32.6 Å². The number of H-pyrrole nitrogens is 1. The van der Waals surface area contributed by atoms with Crippen LogP contribution in [-0.4, -0.2) is 40.3 Å². The molecule has 0 spiro atoms. The maximum absolute atomic E-state index is 13.1. The molecule has 1 aliphatic rings. The van der Waals surface area contributed by atoms with Gasteiger partial charge in [-0.3, -0.25) is 9.59 Å². The molecule has 4 N–H and O–H groups in total. The van der Waals surface area contributed by atoms with Crippen molar-refractivity contribution in [3.05, 3.63) is 93.4 Å². The van der Waals surface area contributed by atoms with Crippen LogP contribution in [0.3, 0.4) is 0 Å². The maximum atomic E-state index is 13.1. The van der Waals surface area contributed by atoms with E-state index >= 15 is 0 Å². The zero-order valence-corrected chi connectivity index (χ0v) is 19.3. The second kappa shape index (κ2) is 11.0. The molecule has 1 saturated heterocycles. The van der Waals surface area contributed by atoms with Crippen LogP contribution in [0, 0.1) is 5.82 Å². The lowest BCUT2D eigenvalue weighted by molar-refractivity contribution is 0.0294. The van der Waals surface area contributed by atoms with Gasteiger partial charge in [-0.15, -0.1) is 0 Å². The van der Waals surface area contributed by atoms with Gasteiger partial charge in [0.2, 0.25) is 5.75 Å². The third-order valence-corrected chi connectivity index (χ3v) is 5.83. The smallest absolute Gasteiger partial charge is 0.408 e. The maximum Gasteiger partial charge on any atom is 0.408 e. The van der Waals surface area contributed by atoms with Crippen molar-refractivity contribution in [2.24, 2.45) is 0 Å². The van der Waals surface area contributed by atoms with E-state index in [1.807, 2.05) is 30.3 Å². The number of benzene rings is 2. The van der Waals surface area contributed by atoms with Gasteiger partial charge in [0.25, 0.3) is 11.5 Å². The minimum Gasteiger partial charge on any atom is -0.501 e. The number of aromatic amines is 1. The number of ether oxygens (including phenoxy) is 2. The van der Waals surface area contributed by atoms with Gasteiger partial charge in [0.1, 0.15) is 23.8 Å². The Hall–Kier alpha value is -4.25. The number of hydrogen-bond acceptors (Lipinski definition) is 7. The average Bonchev–Trinajstić information content (AvgIpc) is 2.89. The van der Waals surface area contributed by atoms with E-state index in [1.54, 1.807) is 0 Å². The quantitative estimate of drug-likeness (QED) is 0.394. The third-order valence-electron chi connectivity index (χ3n) is 5.83. The molecule has 2 aromatic carbocycles. The topological polar surface area (TPSA) is 143 Å². The summed E-state index contributed by atoms with van der Waals surface area (Å²) < 4.78 is 23.9. The van der Waals surface area contributed by atoms with Gasteiger partial charge in [-0.2, -0.15) is 0 Å². The monoisotopic (exact) mass is 496 g/mol. The Labute approximate surface area is 205 Å². The lowest BCUT2D eigenvalue weighted by atomic mass is 9.89. The van der Waals surface area contributed by atoms with Gasteiger partial charge < -0.3 is 30.2 Å². The number of halogens is 1. The average molecular weight is 496 g/mol. The van der Waals surface area contributed by atoms with Crippen molar-refractivity contribution in [3.8, 4) is 5.75 Å². The molecule has 2 amide bonds. The Bertz CT molecular complexity index is 1270. The van der Waals surface area contributed by atoms with Gasteiger partial charge in [-0.25, -0.2) is 14.2 Å². The van der Waals surface area contributed by atoms with Crippen LogP contribution in [-0.2, 0) is 28.2 Å². The van der Waals surface area contributed by atoms with Crippen LogP contribution in [0.5, 0.6) is 5.75 Å². The van der Waals surface area contributed by atoms with E-state index in [4.69, 9.17) is 9.47 Å². The molecule has 0 atom stereocenters. The highest BCUT2D eigenvalue weighted by Gasteiger charge is 2.40. The first-order valence-electron chi connectivity index (χ1n) is 11.3. The summed E-state index contributed by atoms with van der Waals surface area (Å²) in [5, 5.41) is 15.6. The summed E-state index contributed by atoms with van der Waals surface area (Å²) in [7, 11) is 0. The molecule has 1 fully saturated rings. The van der Waals surface area contributed by atoms with E-state index in [-0.39, 0.29) is 45.0 Å². The highest BCUT2D eigenvalue weighted by atomic mass is 19.1. The SMILES string of the molecule is O=C(NC1(c2nc(C(=O)NCc3ccc(F)cc3)c(O)c(=O)[nH]2)CCOCC1)OCc1ccccc1. The summed E-state index contributed by atoms with van der Waals surface area (Å²) in [6.45, 7) is 0.576. The molecule has 0 bridgehead atoms. The Morgan fingerprint density at radius 1 is 1.08 bits per heavy atom. The minimum absolute atomic E-state index is 0.00260. The van der Waals surface area contributed by atoms with Gasteiger partial charge in [-0.05, 0) is 23.3 Å². The second-order valence-electron chi connectivity index (χ2n) is 8.30. The Kier molecular flexibility index (Phi) is 7.59. The number of nitrogens with one attached hydrogen (secondary N) is 3. The van der Waals surface area contributed by atoms with E-state index in [0.29, 0.717) is 5.56 Å². The number of aromatic nitrogens is 2.